The van der Waals surface area contributed by atoms with Crippen LogP contribution in [0.3, 0.4) is 0 Å². The molecule has 28 heteroatoms. The molecule has 18 rings (SSSR count). The molecule has 115 heavy (non-hydrogen) atoms. The van der Waals surface area contributed by atoms with Gasteiger partial charge in [-0.15, -0.1) is 0 Å². The number of aromatic amines is 3. The van der Waals surface area contributed by atoms with Crippen LogP contribution in [-0.4, -0.2) is 178 Å². The molecule has 12 aromatic rings. The van der Waals surface area contributed by atoms with Crippen molar-refractivity contribution in [3.63, 3.8) is 0 Å². The lowest BCUT2D eigenvalue weighted by atomic mass is 9.99. The molecule has 24 nitrogen and oxygen atoms in total. The van der Waals surface area contributed by atoms with Crippen LogP contribution in [0.5, 0.6) is 0 Å². The Morgan fingerprint density at radius 2 is 0.739 bits per heavy atom. The Hall–Kier alpha value is -11.8. The second-order valence-corrected chi connectivity index (χ2v) is 31.8. The summed E-state index contributed by atoms with van der Waals surface area (Å²) in [7, 11) is 0. The number of nitrogens with zero attached hydrogens (tertiary/aromatic N) is 15. The molecule has 0 bridgehead atoms. The molecular weight excluding hydrogens is 1460 g/mol. The highest BCUT2D eigenvalue weighted by Crippen LogP contribution is 2.36. The van der Waals surface area contributed by atoms with Crippen molar-refractivity contribution in [3.8, 4) is 33.4 Å². The van der Waals surface area contributed by atoms with Crippen LogP contribution in [0.1, 0.15) is 134 Å². The number of H-pyrrole nitrogens is 3. The monoisotopic (exact) mass is 1560 g/mol. The lowest BCUT2D eigenvalue weighted by molar-refractivity contribution is -0.0566. The van der Waals surface area contributed by atoms with Gasteiger partial charge in [-0.1, -0.05) is 39.0 Å². The van der Waals surface area contributed by atoms with E-state index in [4.69, 9.17) is 0 Å². The SMILES string of the molecule is CC1CCN(c2ccc(NC(=O)c3n[nH]c4ccc(-c5cncc(CN6CCC(F)(F)C6)c5)cc34)cn2)CC1.CC1CCN(c2ccc(NC(=O)c3n[nH]c4ccc(-c5cncc(CN6CCC(F)(F)CC6)c5)cc34)cn2)CC1.CC1CCN(c2ccc(NC(=O)c3n[nH]c4ccc(-c5cncc(N6CCCC6)c5)cc34)cn2)CC1. The molecule has 6 fully saturated rings. The van der Waals surface area contributed by atoms with Crippen molar-refractivity contribution in [2.24, 2.45) is 17.8 Å². The highest BCUT2D eigenvalue weighted by molar-refractivity contribution is 6.13. The topological polar surface area (TPSA) is 270 Å². The summed E-state index contributed by atoms with van der Waals surface area (Å²) in [5, 5.41) is 32.7. The number of nitrogens with one attached hydrogen (secondary N) is 6. The van der Waals surface area contributed by atoms with E-state index in [1.165, 1.54) is 25.7 Å². The summed E-state index contributed by atoms with van der Waals surface area (Å²) < 4.78 is 54.3. The first-order valence-electron chi connectivity index (χ1n) is 40.1. The molecule has 6 N–H and O–H groups in total. The number of carbonyl (C=O) groups is 3. The van der Waals surface area contributed by atoms with Crippen molar-refractivity contribution in [2.75, 3.05) is 114 Å². The molecule has 0 aliphatic carbocycles. The van der Waals surface area contributed by atoms with Crippen LogP contribution >= 0.6 is 0 Å². The second kappa shape index (κ2) is 34.1. The van der Waals surface area contributed by atoms with Crippen LogP contribution in [-0.2, 0) is 13.1 Å². The van der Waals surface area contributed by atoms with Crippen LogP contribution in [0.25, 0.3) is 66.1 Å². The van der Waals surface area contributed by atoms with Crippen molar-refractivity contribution in [1.82, 2.24) is 70.3 Å². The van der Waals surface area contributed by atoms with Gasteiger partial charge in [0.2, 0.25) is 0 Å². The maximum absolute atomic E-state index is 13.6. The van der Waals surface area contributed by atoms with E-state index in [1.807, 2.05) is 120 Å². The average molecular weight is 1560 g/mol. The van der Waals surface area contributed by atoms with Gasteiger partial charge in [0.25, 0.3) is 29.6 Å². The van der Waals surface area contributed by atoms with Crippen LogP contribution in [0.2, 0.25) is 0 Å². The molecule has 0 unspecified atom stereocenters. The Morgan fingerprint density at radius 3 is 1.10 bits per heavy atom. The predicted molar refractivity (Wildman–Crippen MR) is 442 cm³/mol. The average Bonchev–Trinajstić information content (AvgIpc) is 1.67. The number of aromatic nitrogens is 12. The van der Waals surface area contributed by atoms with Crippen LogP contribution < -0.4 is 35.6 Å². The number of hydrogen-bond acceptors (Lipinski definition) is 18. The number of anilines is 7. The number of alkyl halides is 4. The summed E-state index contributed by atoms with van der Waals surface area (Å²) in [6.07, 6.45) is 25.0. The number of fused-ring (bicyclic) bond motifs is 3. The Kier molecular flexibility index (Phi) is 22.9. The minimum absolute atomic E-state index is 0.111. The van der Waals surface area contributed by atoms with E-state index in [9.17, 15) is 31.9 Å². The highest BCUT2D eigenvalue weighted by Gasteiger charge is 2.38. The van der Waals surface area contributed by atoms with E-state index in [0.717, 1.165) is 185 Å². The Balaban J connectivity index is 0.000000130. The lowest BCUT2D eigenvalue weighted by Crippen LogP contribution is -2.38. The molecule has 6 saturated heterocycles. The van der Waals surface area contributed by atoms with Gasteiger partial charge >= 0.3 is 0 Å². The van der Waals surface area contributed by atoms with Crippen molar-refractivity contribution in [1.29, 1.82) is 0 Å². The fourth-order valence-electron chi connectivity index (χ4n) is 16.0. The van der Waals surface area contributed by atoms with Crippen LogP contribution in [0.4, 0.5) is 57.8 Å². The number of amides is 3. The summed E-state index contributed by atoms with van der Waals surface area (Å²) in [5.41, 5.74) is 13.6. The van der Waals surface area contributed by atoms with Gasteiger partial charge in [-0.05, 0) is 188 Å². The largest absolute Gasteiger partial charge is 0.370 e. The maximum Gasteiger partial charge on any atom is 0.276 e. The van der Waals surface area contributed by atoms with E-state index >= 15 is 0 Å². The van der Waals surface area contributed by atoms with E-state index in [2.05, 4.69) is 123 Å². The number of likely N-dealkylation sites (tertiary alicyclic amines) is 2. The smallest absolute Gasteiger partial charge is 0.276 e. The molecule has 3 aromatic carbocycles. The minimum atomic E-state index is -2.63. The third-order valence-electron chi connectivity index (χ3n) is 23.1. The Labute approximate surface area is 664 Å². The number of halogens is 4. The molecular formula is C87H95F4N21O3. The molecule has 0 atom stereocenters. The Bertz CT molecular complexity index is 5390. The fourth-order valence-corrected chi connectivity index (χ4v) is 16.0. The molecule has 594 valence electrons. The quantitative estimate of drug-likeness (QED) is 0.0462. The van der Waals surface area contributed by atoms with Gasteiger partial charge in [0.05, 0.1) is 70.6 Å². The van der Waals surface area contributed by atoms with Gasteiger partial charge in [0.1, 0.15) is 17.5 Å². The third kappa shape index (κ3) is 18.7. The predicted octanol–water partition coefficient (Wildman–Crippen LogP) is 16.2. The Morgan fingerprint density at radius 1 is 0.383 bits per heavy atom. The summed E-state index contributed by atoms with van der Waals surface area (Å²) in [5.74, 6) is -1.03. The number of carbonyl (C=O) groups excluding carboxylic acids is 3. The van der Waals surface area contributed by atoms with Crippen molar-refractivity contribution < 1.29 is 31.9 Å². The molecule has 9 aromatic heterocycles. The summed E-state index contributed by atoms with van der Waals surface area (Å²) in [4.78, 5) is 79.4. The van der Waals surface area contributed by atoms with E-state index in [0.29, 0.717) is 71.9 Å². The normalized spacial score (nSPS) is 17.7. The maximum atomic E-state index is 13.6. The number of rotatable bonds is 17. The van der Waals surface area contributed by atoms with Gasteiger partial charge in [0.15, 0.2) is 17.1 Å². The van der Waals surface area contributed by atoms with Crippen LogP contribution in [0.15, 0.2) is 165 Å². The first kappa shape index (κ1) is 77.2. The van der Waals surface area contributed by atoms with E-state index in [-0.39, 0.29) is 49.2 Å². The zero-order valence-corrected chi connectivity index (χ0v) is 64.9. The molecule has 0 saturated carbocycles. The summed E-state index contributed by atoms with van der Waals surface area (Å²) in [6.45, 7) is 16.9. The molecule has 0 spiro atoms. The first-order valence-corrected chi connectivity index (χ1v) is 40.1. The number of pyridine rings is 6. The number of benzene rings is 3. The zero-order chi connectivity index (χ0) is 79.2. The van der Waals surface area contributed by atoms with Gasteiger partial charge in [0, 0.05) is 168 Å². The number of hydrogen-bond donors (Lipinski definition) is 6. The lowest BCUT2D eigenvalue weighted by Gasteiger charge is -2.31. The molecule has 15 heterocycles. The number of piperidine rings is 4. The van der Waals surface area contributed by atoms with E-state index < -0.39 is 11.8 Å². The molecule has 0 radical (unpaired) electrons. The standard InChI is InChI=1S/C30H33F2N7O.C29H31F2N7O.C28H31N7O/c1-20-6-10-39(11-7-20)27-5-3-24(18-34-27)35-29(40)28-25-15-22(2-4-26(25)36-37-28)23-14-21(16-33-17-23)19-38-12-8-30(31,32)9-13-38;1-19-6-9-38(10-7-19)26-5-3-23(16-33-26)34-28(39)27-24-13-21(2-4-25(24)35-36-27)22-12-20(14-32-15-22)17-37-11-8-29(30,31)18-37;1-19-8-12-35(13-9-19)26-7-5-22(17-30-26)31-28(36)27-24-15-20(4-6-25(24)32-33-27)21-14-23(18-29-16-21)34-10-2-3-11-34/h2-5,14-18,20H,6-13,19H2,1H3,(H,35,40)(H,36,37);2-5,12-16,19H,6-11,17-18H2,1H3,(H,34,39)(H,35,36);4-7,14-19H,2-3,8-13H2,1H3,(H,31,36)(H,32,33). The van der Waals surface area contributed by atoms with E-state index in [1.54, 1.807) is 48.3 Å². The van der Waals surface area contributed by atoms with Crippen molar-refractivity contribution in [3.05, 3.63) is 193 Å². The molecule has 3 amide bonds. The van der Waals surface area contributed by atoms with Gasteiger partial charge < -0.3 is 35.6 Å². The van der Waals surface area contributed by atoms with Gasteiger partial charge in [-0.3, -0.25) is 54.4 Å². The third-order valence-corrected chi connectivity index (χ3v) is 23.1. The van der Waals surface area contributed by atoms with Gasteiger partial charge in [-0.2, -0.15) is 15.3 Å². The second-order valence-electron chi connectivity index (χ2n) is 31.8. The fraction of sp³-hybridized carbons (Fsp3) is 0.379. The molecule has 6 aliphatic heterocycles. The summed E-state index contributed by atoms with van der Waals surface area (Å²) >= 11 is 0. The first-order chi connectivity index (χ1) is 55.8. The zero-order valence-electron chi connectivity index (χ0n) is 64.9. The summed E-state index contributed by atoms with van der Waals surface area (Å²) in [6, 6.07) is 35.2. The molecule has 6 aliphatic rings. The van der Waals surface area contributed by atoms with Gasteiger partial charge in [-0.25, -0.2) is 32.5 Å². The van der Waals surface area contributed by atoms with Crippen molar-refractivity contribution in [2.45, 2.75) is 116 Å². The minimum Gasteiger partial charge on any atom is -0.370 e. The van der Waals surface area contributed by atoms with Crippen molar-refractivity contribution >= 4 is 90.6 Å². The van der Waals surface area contributed by atoms with Crippen LogP contribution in [0, 0.1) is 17.8 Å². The highest BCUT2D eigenvalue weighted by atomic mass is 19.3.